The van der Waals surface area contributed by atoms with Crippen LogP contribution in [0.5, 0.6) is 0 Å². The molecule has 0 aromatic carbocycles. The summed E-state index contributed by atoms with van der Waals surface area (Å²) >= 11 is 0. The van der Waals surface area contributed by atoms with Crippen LogP contribution in [0.4, 0.5) is 5.69 Å². The topological polar surface area (TPSA) is 43.2 Å². The number of piperidine rings is 1. The minimum Gasteiger partial charge on any atom is -0.370 e. The zero-order chi connectivity index (χ0) is 13.8. The van der Waals surface area contributed by atoms with Crippen LogP contribution in [0, 0.1) is 17.2 Å². The van der Waals surface area contributed by atoms with Crippen LogP contribution in [-0.2, 0) is 0 Å². The second kappa shape index (κ2) is 6.23. The monoisotopic (exact) mass is 270 g/mol. The molecule has 0 radical (unpaired) electrons. The quantitative estimate of drug-likeness (QED) is 0.845. The number of hydrogen-bond donors (Lipinski definition) is 0. The van der Waals surface area contributed by atoms with Gasteiger partial charge in [0.05, 0.1) is 11.9 Å². The van der Waals surface area contributed by atoms with Crippen LogP contribution in [0.2, 0.25) is 0 Å². The highest BCUT2D eigenvalue weighted by atomic mass is 15.2. The number of aromatic nitrogens is 1. The van der Waals surface area contributed by atoms with Gasteiger partial charge in [-0.2, -0.15) is 5.26 Å². The maximum Gasteiger partial charge on any atom is 0.140 e. The third-order valence-corrected chi connectivity index (χ3v) is 4.56. The van der Waals surface area contributed by atoms with E-state index in [4.69, 9.17) is 5.26 Å². The van der Waals surface area contributed by atoms with E-state index in [1.54, 1.807) is 0 Å². The Labute approximate surface area is 121 Å². The summed E-state index contributed by atoms with van der Waals surface area (Å²) in [6.45, 7) is 6.14. The van der Waals surface area contributed by atoms with Crippen molar-refractivity contribution in [1.82, 2.24) is 9.88 Å². The Hall–Kier alpha value is -1.60. The van der Waals surface area contributed by atoms with E-state index in [1.807, 2.05) is 18.3 Å². The van der Waals surface area contributed by atoms with Gasteiger partial charge in [-0.25, -0.2) is 4.98 Å². The molecular weight excluding hydrogens is 248 g/mol. The molecule has 2 fully saturated rings. The van der Waals surface area contributed by atoms with Crippen LogP contribution in [-0.4, -0.2) is 42.6 Å². The van der Waals surface area contributed by atoms with Crippen molar-refractivity contribution in [2.24, 2.45) is 5.92 Å². The van der Waals surface area contributed by atoms with Crippen molar-refractivity contribution in [1.29, 1.82) is 5.26 Å². The lowest BCUT2D eigenvalue weighted by molar-refractivity contribution is 0.249. The first-order valence-electron chi connectivity index (χ1n) is 7.68. The highest BCUT2D eigenvalue weighted by molar-refractivity contribution is 5.46. The van der Waals surface area contributed by atoms with E-state index in [9.17, 15) is 0 Å². The average molecular weight is 270 g/mol. The summed E-state index contributed by atoms with van der Waals surface area (Å²) in [6.07, 6.45) is 7.15. The summed E-state index contributed by atoms with van der Waals surface area (Å²) in [5.74, 6) is 0.857. The molecule has 3 heterocycles. The van der Waals surface area contributed by atoms with Gasteiger partial charge in [-0.1, -0.05) is 0 Å². The first-order chi connectivity index (χ1) is 9.85. The summed E-state index contributed by atoms with van der Waals surface area (Å²) < 4.78 is 0. The fourth-order valence-electron chi connectivity index (χ4n) is 3.34. The predicted octanol–water partition coefficient (Wildman–Crippen LogP) is 2.27. The number of nitriles is 1. The first-order valence-corrected chi connectivity index (χ1v) is 7.68. The smallest absolute Gasteiger partial charge is 0.140 e. The summed E-state index contributed by atoms with van der Waals surface area (Å²) in [5, 5.41) is 8.78. The van der Waals surface area contributed by atoms with Crippen LogP contribution < -0.4 is 4.90 Å². The van der Waals surface area contributed by atoms with Gasteiger partial charge >= 0.3 is 0 Å². The molecule has 0 unspecified atom stereocenters. The van der Waals surface area contributed by atoms with Gasteiger partial charge in [0.1, 0.15) is 11.8 Å². The number of rotatable bonds is 3. The van der Waals surface area contributed by atoms with E-state index in [-0.39, 0.29) is 0 Å². The molecule has 0 N–H and O–H groups in total. The Balaban J connectivity index is 1.51. The van der Waals surface area contributed by atoms with Crippen molar-refractivity contribution < 1.29 is 0 Å². The number of hydrogen-bond acceptors (Lipinski definition) is 4. The van der Waals surface area contributed by atoms with E-state index < -0.39 is 0 Å². The lowest BCUT2D eigenvalue weighted by atomic mass is 9.96. The molecule has 0 spiro atoms. The highest BCUT2D eigenvalue weighted by Crippen LogP contribution is 2.24. The number of pyridine rings is 1. The molecule has 4 nitrogen and oxygen atoms in total. The van der Waals surface area contributed by atoms with E-state index in [2.05, 4.69) is 20.9 Å². The van der Waals surface area contributed by atoms with Crippen molar-refractivity contribution in [2.75, 3.05) is 37.6 Å². The van der Waals surface area contributed by atoms with Gasteiger partial charge in [0.25, 0.3) is 0 Å². The maximum absolute atomic E-state index is 8.78. The van der Waals surface area contributed by atoms with E-state index >= 15 is 0 Å². The van der Waals surface area contributed by atoms with Crippen molar-refractivity contribution in [3.63, 3.8) is 0 Å². The molecule has 1 aromatic heterocycles. The van der Waals surface area contributed by atoms with Crippen molar-refractivity contribution in [3.8, 4) is 6.07 Å². The lowest BCUT2D eigenvalue weighted by Gasteiger charge is -2.35. The van der Waals surface area contributed by atoms with Gasteiger partial charge in [-0.3, -0.25) is 0 Å². The van der Waals surface area contributed by atoms with Crippen molar-refractivity contribution >= 4 is 5.69 Å². The van der Waals surface area contributed by atoms with Crippen LogP contribution in [0.3, 0.4) is 0 Å². The largest absolute Gasteiger partial charge is 0.370 e. The third kappa shape index (κ3) is 3.10. The molecule has 0 bridgehead atoms. The Morgan fingerprint density at radius 1 is 1.15 bits per heavy atom. The van der Waals surface area contributed by atoms with E-state index in [0.29, 0.717) is 5.69 Å². The summed E-state index contributed by atoms with van der Waals surface area (Å²) in [4.78, 5) is 9.19. The molecule has 0 aliphatic carbocycles. The molecule has 20 heavy (non-hydrogen) atoms. The average Bonchev–Trinajstić information content (AvgIpc) is 3.01. The molecule has 4 heteroatoms. The lowest BCUT2D eigenvalue weighted by Crippen LogP contribution is -2.38. The SMILES string of the molecule is N#Cc1ccc(N2CCC(CN3CCCC3)CC2)cn1. The Morgan fingerprint density at radius 3 is 2.50 bits per heavy atom. The normalized spacial score (nSPS) is 21.1. The van der Waals surface area contributed by atoms with E-state index in [0.717, 1.165) is 24.7 Å². The van der Waals surface area contributed by atoms with Gasteiger partial charge < -0.3 is 9.80 Å². The zero-order valence-electron chi connectivity index (χ0n) is 12.0. The van der Waals surface area contributed by atoms with Crippen LogP contribution in [0.25, 0.3) is 0 Å². The summed E-state index contributed by atoms with van der Waals surface area (Å²) in [5.41, 5.74) is 1.65. The van der Waals surface area contributed by atoms with Gasteiger partial charge in [-0.05, 0) is 56.8 Å². The van der Waals surface area contributed by atoms with Gasteiger partial charge in [0, 0.05) is 19.6 Å². The summed E-state index contributed by atoms with van der Waals surface area (Å²) in [7, 11) is 0. The van der Waals surface area contributed by atoms with Crippen molar-refractivity contribution in [3.05, 3.63) is 24.0 Å². The fourth-order valence-corrected chi connectivity index (χ4v) is 3.34. The molecule has 2 aliphatic heterocycles. The molecule has 106 valence electrons. The number of likely N-dealkylation sites (tertiary alicyclic amines) is 1. The maximum atomic E-state index is 8.78. The summed E-state index contributed by atoms with van der Waals surface area (Å²) in [6, 6.07) is 5.90. The minimum atomic E-state index is 0.498. The van der Waals surface area contributed by atoms with Gasteiger partial charge in [-0.15, -0.1) is 0 Å². The van der Waals surface area contributed by atoms with Crippen LogP contribution in [0.15, 0.2) is 18.3 Å². The third-order valence-electron chi connectivity index (χ3n) is 4.56. The van der Waals surface area contributed by atoms with Crippen molar-refractivity contribution in [2.45, 2.75) is 25.7 Å². The molecule has 0 amide bonds. The Morgan fingerprint density at radius 2 is 1.90 bits per heavy atom. The minimum absolute atomic E-state index is 0.498. The Bertz CT molecular complexity index is 462. The molecule has 3 rings (SSSR count). The molecule has 2 saturated heterocycles. The van der Waals surface area contributed by atoms with E-state index in [1.165, 1.54) is 45.3 Å². The number of nitrogens with zero attached hydrogens (tertiary/aromatic N) is 4. The molecule has 0 atom stereocenters. The first kappa shape index (κ1) is 13.4. The second-order valence-corrected chi connectivity index (χ2v) is 5.95. The standard InChI is InChI=1S/C16H22N4/c17-11-15-3-4-16(12-18-15)20-9-5-14(6-10-20)13-19-7-1-2-8-19/h3-4,12,14H,1-2,5-10,13H2. The molecular formula is C16H22N4. The van der Waals surface area contributed by atoms with Gasteiger partial charge in [0.2, 0.25) is 0 Å². The van der Waals surface area contributed by atoms with Crippen LogP contribution >= 0.6 is 0 Å². The van der Waals surface area contributed by atoms with Crippen LogP contribution in [0.1, 0.15) is 31.4 Å². The van der Waals surface area contributed by atoms with Gasteiger partial charge in [0.15, 0.2) is 0 Å². The second-order valence-electron chi connectivity index (χ2n) is 5.95. The highest BCUT2D eigenvalue weighted by Gasteiger charge is 2.23. The fraction of sp³-hybridized carbons (Fsp3) is 0.625. The predicted molar refractivity (Wildman–Crippen MR) is 79.6 cm³/mol. The molecule has 1 aromatic rings. The molecule has 0 saturated carbocycles. The Kier molecular flexibility index (Phi) is 4.17. The molecule has 2 aliphatic rings. The zero-order valence-corrected chi connectivity index (χ0v) is 12.0. The number of anilines is 1.